The van der Waals surface area contributed by atoms with Gasteiger partial charge >= 0.3 is 0 Å². The van der Waals surface area contributed by atoms with Crippen LogP contribution in [0.2, 0.25) is 0 Å². The lowest BCUT2D eigenvalue weighted by atomic mass is 10.3. The molecule has 92 valence electrons. The van der Waals surface area contributed by atoms with Gasteiger partial charge in [0.2, 0.25) is 5.75 Å². The lowest BCUT2D eigenvalue weighted by Crippen LogP contribution is -1.93. The predicted octanol–water partition coefficient (Wildman–Crippen LogP) is 3.54. The van der Waals surface area contributed by atoms with E-state index >= 15 is 0 Å². The molecule has 0 atom stereocenters. The summed E-state index contributed by atoms with van der Waals surface area (Å²) in [6, 6.07) is 5.49. The normalized spacial score (nSPS) is 7.56. The Balaban J connectivity index is 0. The first-order valence-corrected chi connectivity index (χ1v) is 5.08. The number of para-hydroxylation sites is 1. The van der Waals surface area contributed by atoms with Crippen LogP contribution in [0, 0.1) is 0 Å². The van der Waals surface area contributed by atoms with E-state index in [-0.39, 0.29) is 0 Å². The zero-order chi connectivity index (χ0) is 13.0. The molecule has 1 rings (SSSR count). The van der Waals surface area contributed by atoms with Gasteiger partial charge in [-0.2, -0.15) is 0 Å². The summed E-state index contributed by atoms with van der Waals surface area (Å²) in [5, 5.41) is 0. The lowest BCUT2D eigenvalue weighted by molar-refractivity contribution is 0.324. The van der Waals surface area contributed by atoms with Crippen LogP contribution in [0.5, 0.6) is 17.2 Å². The van der Waals surface area contributed by atoms with Crippen molar-refractivity contribution in [3.8, 4) is 17.2 Å². The molecule has 0 N–H and O–H groups in total. The molecular formula is C13H22O3. The third kappa shape index (κ3) is 4.73. The van der Waals surface area contributed by atoms with Crippen LogP contribution >= 0.6 is 0 Å². The Bertz CT molecular complexity index is 250. The minimum atomic E-state index is 0.627. The van der Waals surface area contributed by atoms with Gasteiger partial charge in [-0.05, 0) is 12.1 Å². The van der Waals surface area contributed by atoms with Crippen LogP contribution in [-0.4, -0.2) is 21.3 Å². The van der Waals surface area contributed by atoms with Crippen molar-refractivity contribution in [2.75, 3.05) is 21.3 Å². The van der Waals surface area contributed by atoms with Crippen LogP contribution < -0.4 is 14.2 Å². The maximum Gasteiger partial charge on any atom is 0.203 e. The Hall–Kier alpha value is -1.64. The molecule has 3 heteroatoms. The molecule has 0 unspecified atom stereocenters. The molecule has 1 aromatic rings. The Morgan fingerprint density at radius 1 is 0.812 bits per heavy atom. The van der Waals surface area contributed by atoms with Crippen LogP contribution in [0.3, 0.4) is 0 Å². The lowest BCUT2D eigenvalue weighted by Gasteiger charge is -2.10. The third-order valence-electron chi connectivity index (χ3n) is 1.59. The Labute approximate surface area is 98.6 Å². The molecule has 0 bridgehead atoms. The van der Waals surface area contributed by atoms with E-state index in [4.69, 9.17) is 14.2 Å². The Morgan fingerprint density at radius 2 is 1.19 bits per heavy atom. The first-order chi connectivity index (χ1) is 7.83. The Kier molecular flexibility index (Phi) is 12.0. The topological polar surface area (TPSA) is 27.7 Å². The van der Waals surface area contributed by atoms with Crippen molar-refractivity contribution >= 4 is 0 Å². The maximum absolute atomic E-state index is 5.11. The van der Waals surface area contributed by atoms with Gasteiger partial charge in [0, 0.05) is 0 Å². The molecule has 16 heavy (non-hydrogen) atoms. The second-order valence-corrected chi connectivity index (χ2v) is 2.20. The highest BCUT2D eigenvalue weighted by Gasteiger charge is 2.08. The summed E-state index contributed by atoms with van der Waals surface area (Å²) in [6.45, 7) is 10.0. The van der Waals surface area contributed by atoms with Crippen molar-refractivity contribution in [2.24, 2.45) is 0 Å². The van der Waals surface area contributed by atoms with E-state index in [1.807, 2.05) is 32.0 Å². The molecule has 0 saturated carbocycles. The van der Waals surface area contributed by atoms with Crippen LogP contribution in [0.25, 0.3) is 0 Å². The first-order valence-electron chi connectivity index (χ1n) is 5.08. The minimum absolute atomic E-state index is 0.627. The van der Waals surface area contributed by atoms with E-state index < -0.39 is 0 Å². The number of benzene rings is 1. The summed E-state index contributed by atoms with van der Waals surface area (Å²) >= 11 is 0. The first kappa shape index (κ1) is 16.8. The molecule has 0 saturated heterocycles. The average Bonchev–Trinajstić information content (AvgIpc) is 2.42. The quantitative estimate of drug-likeness (QED) is 0.738. The van der Waals surface area contributed by atoms with Crippen molar-refractivity contribution < 1.29 is 14.2 Å². The molecule has 0 amide bonds. The van der Waals surface area contributed by atoms with Gasteiger partial charge < -0.3 is 14.2 Å². The van der Waals surface area contributed by atoms with Crippen LogP contribution in [-0.2, 0) is 0 Å². The van der Waals surface area contributed by atoms with Crippen molar-refractivity contribution in [2.45, 2.75) is 13.8 Å². The molecule has 0 radical (unpaired) electrons. The van der Waals surface area contributed by atoms with E-state index in [2.05, 4.69) is 13.2 Å². The third-order valence-corrected chi connectivity index (χ3v) is 1.59. The molecule has 0 fully saturated rings. The fourth-order valence-electron chi connectivity index (χ4n) is 1.02. The van der Waals surface area contributed by atoms with Crippen molar-refractivity contribution in [3.05, 3.63) is 31.4 Å². The zero-order valence-electron chi connectivity index (χ0n) is 10.9. The van der Waals surface area contributed by atoms with Gasteiger partial charge in [-0.15, -0.1) is 13.2 Å². The van der Waals surface area contributed by atoms with E-state index in [0.717, 1.165) is 0 Å². The van der Waals surface area contributed by atoms with Crippen LogP contribution in [0.1, 0.15) is 13.8 Å². The molecule has 3 nitrogen and oxygen atoms in total. The van der Waals surface area contributed by atoms with E-state index in [1.165, 1.54) is 0 Å². The monoisotopic (exact) mass is 226 g/mol. The standard InChI is InChI=1S/C9H12O3.C2H6.C2H4/c1-10-7-5-4-6-8(11-2)9(7)12-3;2*1-2/h4-6H,1-3H3;1-2H3;1-2H2. The molecule has 0 aromatic heterocycles. The molecule has 0 aliphatic carbocycles. The fourth-order valence-corrected chi connectivity index (χ4v) is 1.02. The molecule has 1 aromatic carbocycles. The van der Waals surface area contributed by atoms with Gasteiger partial charge in [0.1, 0.15) is 0 Å². The molecule has 0 aliphatic heterocycles. The van der Waals surface area contributed by atoms with Gasteiger partial charge in [-0.3, -0.25) is 0 Å². The highest BCUT2D eigenvalue weighted by Crippen LogP contribution is 2.35. The predicted molar refractivity (Wildman–Crippen MR) is 68.7 cm³/mol. The summed E-state index contributed by atoms with van der Waals surface area (Å²) in [5.74, 6) is 1.98. The highest BCUT2D eigenvalue weighted by atomic mass is 16.5. The van der Waals surface area contributed by atoms with Gasteiger partial charge in [0.25, 0.3) is 0 Å². The zero-order valence-corrected chi connectivity index (χ0v) is 10.9. The summed E-state index contributed by atoms with van der Waals surface area (Å²) in [7, 11) is 4.77. The highest BCUT2D eigenvalue weighted by molar-refractivity contribution is 5.50. The van der Waals surface area contributed by atoms with Crippen molar-refractivity contribution in [1.82, 2.24) is 0 Å². The number of hydrogen-bond donors (Lipinski definition) is 0. The smallest absolute Gasteiger partial charge is 0.203 e. The summed E-state index contributed by atoms with van der Waals surface area (Å²) in [4.78, 5) is 0. The maximum atomic E-state index is 5.11. The van der Waals surface area contributed by atoms with Crippen LogP contribution in [0.4, 0.5) is 0 Å². The average molecular weight is 226 g/mol. The fraction of sp³-hybridized carbons (Fsp3) is 0.385. The van der Waals surface area contributed by atoms with Gasteiger partial charge in [0.05, 0.1) is 21.3 Å². The van der Waals surface area contributed by atoms with Crippen molar-refractivity contribution in [1.29, 1.82) is 0 Å². The van der Waals surface area contributed by atoms with Crippen molar-refractivity contribution in [3.63, 3.8) is 0 Å². The summed E-state index contributed by atoms with van der Waals surface area (Å²) in [6.07, 6.45) is 0. The minimum Gasteiger partial charge on any atom is -0.493 e. The number of ether oxygens (including phenoxy) is 3. The second kappa shape index (κ2) is 11.4. The molecule has 0 aliphatic rings. The van der Waals surface area contributed by atoms with E-state index in [9.17, 15) is 0 Å². The van der Waals surface area contributed by atoms with Gasteiger partial charge in [-0.1, -0.05) is 19.9 Å². The SMILES string of the molecule is C=C.CC.COc1cccc(OC)c1OC. The van der Waals surface area contributed by atoms with E-state index in [0.29, 0.717) is 17.2 Å². The second-order valence-electron chi connectivity index (χ2n) is 2.20. The number of rotatable bonds is 3. The molecule has 0 spiro atoms. The van der Waals surface area contributed by atoms with Gasteiger partial charge in [-0.25, -0.2) is 0 Å². The van der Waals surface area contributed by atoms with Gasteiger partial charge in [0.15, 0.2) is 11.5 Å². The molecular weight excluding hydrogens is 204 g/mol. The molecule has 0 heterocycles. The summed E-state index contributed by atoms with van der Waals surface area (Å²) in [5.41, 5.74) is 0. The Morgan fingerprint density at radius 3 is 1.44 bits per heavy atom. The number of methoxy groups -OCH3 is 3. The van der Waals surface area contributed by atoms with Crippen LogP contribution in [0.15, 0.2) is 31.4 Å². The number of hydrogen-bond acceptors (Lipinski definition) is 3. The summed E-state index contributed by atoms with van der Waals surface area (Å²) < 4.78 is 15.3. The largest absolute Gasteiger partial charge is 0.493 e. The van der Waals surface area contributed by atoms with E-state index in [1.54, 1.807) is 21.3 Å².